The number of carbonyl (C=O) groups excluding carboxylic acids is 1. The fourth-order valence-corrected chi connectivity index (χ4v) is 2.25. The van der Waals surface area contributed by atoms with Crippen molar-refractivity contribution in [1.82, 2.24) is 10.2 Å². The van der Waals surface area contributed by atoms with Crippen LogP contribution in [0.1, 0.15) is 11.1 Å². The molecule has 1 aliphatic rings. The smallest absolute Gasteiger partial charge is 0.239 e. The molecule has 1 fully saturated rings. The number of hydrogen-bond donors (Lipinski definition) is 3. The molecule has 0 unspecified atom stereocenters. The number of nitrogens with two attached hydrogens (primary N) is 1. The van der Waals surface area contributed by atoms with Crippen molar-refractivity contribution in [3.8, 4) is 0 Å². The Morgan fingerprint density at radius 1 is 1.55 bits per heavy atom. The second-order valence-electron chi connectivity index (χ2n) is 5.16. The molecule has 108 valence electrons. The number of aliphatic hydroxyl groups excluding tert-OH is 1. The van der Waals surface area contributed by atoms with Crippen molar-refractivity contribution in [2.24, 2.45) is 5.73 Å². The Morgan fingerprint density at radius 3 is 2.80 bits per heavy atom. The maximum atomic E-state index is 11.5. The van der Waals surface area contributed by atoms with Crippen LogP contribution in [0.2, 0.25) is 0 Å². The molecular weight excluding hydrogens is 254 g/mol. The van der Waals surface area contributed by atoms with Crippen LogP contribution in [-0.4, -0.2) is 47.7 Å². The first-order valence-electron chi connectivity index (χ1n) is 6.69. The van der Waals surface area contributed by atoms with Crippen LogP contribution in [0, 0.1) is 6.92 Å². The Kier molecular flexibility index (Phi) is 4.42. The lowest BCUT2D eigenvalue weighted by Crippen LogP contribution is -2.60. The first kappa shape index (κ1) is 14.6. The van der Waals surface area contributed by atoms with E-state index >= 15 is 0 Å². The van der Waals surface area contributed by atoms with E-state index in [0.29, 0.717) is 0 Å². The predicted octanol–water partition coefficient (Wildman–Crippen LogP) is 0.0857. The Morgan fingerprint density at radius 2 is 2.20 bits per heavy atom. The van der Waals surface area contributed by atoms with Crippen molar-refractivity contribution in [3.05, 3.63) is 42.0 Å². The van der Waals surface area contributed by atoms with Crippen LogP contribution < -0.4 is 11.1 Å². The number of benzene rings is 1. The molecule has 1 atom stereocenters. The highest BCUT2D eigenvalue weighted by Gasteiger charge is 2.30. The van der Waals surface area contributed by atoms with Crippen molar-refractivity contribution in [1.29, 1.82) is 0 Å². The molecule has 1 amide bonds. The predicted molar refractivity (Wildman–Crippen MR) is 78.8 cm³/mol. The lowest BCUT2D eigenvalue weighted by molar-refractivity contribution is -0.124. The monoisotopic (exact) mass is 275 g/mol. The molecule has 1 aliphatic heterocycles. The number of rotatable bonds is 5. The van der Waals surface area contributed by atoms with Crippen molar-refractivity contribution in [3.63, 3.8) is 0 Å². The Bertz CT molecular complexity index is 510. The molecule has 2 rings (SSSR count). The first-order chi connectivity index (χ1) is 9.52. The van der Waals surface area contributed by atoms with Gasteiger partial charge in [-0.15, -0.1) is 0 Å². The third-order valence-electron chi connectivity index (χ3n) is 3.60. The van der Waals surface area contributed by atoms with Gasteiger partial charge in [-0.05, 0) is 12.5 Å². The molecule has 0 spiro atoms. The summed E-state index contributed by atoms with van der Waals surface area (Å²) in [4.78, 5) is 13.7. The number of hydrogen-bond acceptors (Lipinski definition) is 4. The fraction of sp³-hybridized carbons (Fsp3) is 0.400. The summed E-state index contributed by atoms with van der Waals surface area (Å²) in [6, 6.07) is 7.32. The second kappa shape index (κ2) is 6.07. The van der Waals surface area contributed by atoms with Crippen LogP contribution in [0.3, 0.4) is 0 Å². The Hall–Kier alpha value is -1.85. The number of amides is 1. The van der Waals surface area contributed by atoms with Gasteiger partial charge in [0.15, 0.2) is 0 Å². The fourth-order valence-electron chi connectivity index (χ4n) is 2.25. The molecular formula is C15H21N3O2. The van der Waals surface area contributed by atoms with Crippen LogP contribution >= 0.6 is 0 Å². The summed E-state index contributed by atoms with van der Waals surface area (Å²) in [5.41, 5.74) is 8.74. The summed E-state index contributed by atoms with van der Waals surface area (Å²) >= 11 is 0. The summed E-state index contributed by atoms with van der Waals surface area (Å²) in [5, 5.41) is 11.6. The summed E-state index contributed by atoms with van der Waals surface area (Å²) in [7, 11) is 0. The Labute approximate surface area is 119 Å². The molecule has 4 N–H and O–H groups in total. The van der Waals surface area contributed by atoms with E-state index in [0.717, 1.165) is 24.4 Å². The summed E-state index contributed by atoms with van der Waals surface area (Å²) in [6.07, 6.45) is 0. The third-order valence-corrected chi connectivity index (χ3v) is 3.60. The van der Waals surface area contributed by atoms with E-state index in [1.54, 1.807) is 0 Å². The van der Waals surface area contributed by atoms with Crippen molar-refractivity contribution in [2.45, 2.75) is 19.0 Å². The van der Waals surface area contributed by atoms with Gasteiger partial charge in [-0.25, -0.2) is 0 Å². The van der Waals surface area contributed by atoms with Crippen LogP contribution in [0.15, 0.2) is 30.8 Å². The quantitative estimate of drug-likeness (QED) is 0.711. The SMILES string of the molecule is C=C(c1ccccc1C)N1CC(NC(=O)[C@@H](N)CO)C1. The lowest BCUT2D eigenvalue weighted by Gasteiger charge is -2.43. The average molecular weight is 275 g/mol. The van der Waals surface area contributed by atoms with Gasteiger partial charge >= 0.3 is 0 Å². The average Bonchev–Trinajstić information content (AvgIpc) is 2.41. The largest absolute Gasteiger partial charge is 0.394 e. The van der Waals surface area contributed by atoms with E-state index in [2.05, 4.69) is 29.8 Å². The summed E-state index contributed by atoms with van der Waals surface area (Å²) in [5.74, 6) is -0.307. The molecule has 5 nitrogen and oxygen atoms in total. The van der Waals surface area contributed by atoms with Crippen LogP contribution in [-0.2, 0) is 4.79 Å². The number of aliphatic hydroxyl groups is 1. The van der Waals surface area contributed by atoms with Crippen molar-refractivity contribution in [2.75, 3.05) is 19.7 Å². The van der Waals surface area contributed by atoms with Crippen molar-refractivity contribution < 1.29 is 9.90 Å². The topological polar surface area (TPSA) is 78.6 Å². The maximum absolute atomic E-state index is 11.5. The number of nitrogens with one attached hydrogen (secondary N) is 1. The van der Waals surface area contributed by atoms with E-state index in [1.807, 2.05) is 18.2 Å². The van der Waals surface area contributed by atoms with Gasteiger partial charge in [0.2, 0.25) is 5.91 Å². The molecule has 0 aromatic heterocycles. The molecule has 0 saturated carbocycles. The van der Waals surface area contributed by atoms with Gasteiger partial charge in [0.05, 0.1) is 12.6 Å². The molecule has 1 saturated heterocycles. The zero-order valence-electron chi connectivity index (χ0n) is 11.7. The number of aryl methyl sites for hydroxylation is 1. The summed E-state index contributed by atoms with van der Waals surface area (Å²) < 4.78 is 0. The molecule has 20 heavy (non-hydrogen) atoms. The highest BCUT2D eigenvalue weighted by atomic mass is 16.3. The normalized spacial score (nSPS) is 16.4. The third kappa shape index (κ3) is 3.00. The second-order valence-corrected chi connectivity index (χ2v) is 5.16. The molecule has 1 aromatic rings. The maximum Gasteiger partial charge on any atom is 0.239 e. The van der Waals surface area contributed by atoms with E-state index in [-0.39, 0.29) is 18.6 Å². The van der Waals surface area contributed by atoms with Crippen LogP contribution in [0.4, 0.5) is 0 Å². The van der Waals surface area contributed by atoms with E-state index in [9.17, 15) is 4.79 Å². The zero-order chi connectivity index (χ0) is 14.7. The highest BCUT2D eigenvalue weighted by Crippen LogP contribution is 2.25. The number of nitrogens with zero attached hydrogens (tertiary/aromatic N) is 1. The number of likely N-dealkylation sites (tertiary alicyclic amines) is 1. The first-order valence-corrected chi connectivity index (χ1v) is 6.69. The molecule has 0 aliphatic carbocycles. The van der Waals surface area contributed by atoms with Crippen molar-refractivity contribution >= 4 is 11.6 Å². The van der Waals surface area contributed by atoms with Crippen LogP contribution in [0.5, 0.6) is 0 Å². The molecule has 1 aromatic carbocycles. The minimum absolute atomic E-state index is 0.0702. The summed E-state index contributed by atoms with van der Waals surface area (Å²) in [6.45, 7) is 7.28. The lowest BCUT2D eigenvalue weighted by atomic mass is 10.0. The van der Waals surface area contributed by atoms with E-state index < -0.39 is 6.04 Å². The molecule has 0 radical (unpaired) electrons. The van der Waals surface area contributed by atoms with E-state index in [4.69, 9.17) is 10.8 Å². The van der Waals surface area contributed by atoms with E-state index in [1.165, 1.54) is 5.56 Å². The van der Waals surface area contributed by atoms with Gasteiger partial charge in [0.25, 0.3) is 0 Å². The molecule has 5 heteroatoms. The van der Waals surface area contributed by atoms with Gasteiger partial charge < -0.3 is 21.1 Å². The van der Waals surface area contributed by atoms with Gasteiger partial charge in [-0.1, -0.05) is 30.8 Å². The molecule has 0 bridgehead atoms. The number of carbonyl (C=O) groups is 1. The van der Waals surface area contributed by atoms with Gasteiger partial charge in [0.1, 0.15) is 6.04 Å². The zero-order valence-corrected chi connectivity index (χ0v) is 11.7. The Balaban J connectivity index is 1.86. The van der Waals surface area contributed by atoms with Crippen LogP contribution in [0.25, 0.3) is 5.70 Å². The minimum Gasteiger partial charge on any atom is -0.394 e. The van der Waals surface area contributed by atoms with Gasteiger partial charge in [-0.2, -0.15) is 0 Å². The standard InChI is InChI=1S/C15H21N3O2/c1-10-5-3-4-6-13(10)11(2)18-7-12(8-18)17-15(20)14(16)9-19/h3-6,12,14,19H,2,7-9,16H2,1H3,(H,17,20)/t14-/m0/s1. The minimum atomic E-state index is -0.844. The van der Waals surface area contributed by atoms with Gasteiger partial charge in [0, 0.05) is 24.4 Å². The van der Waals surface area contributed by atoms with Gasteiger partial charge in [-0.3, -0.25) is 4.79 Å². The highest BCUT2D eigenvalue weighted by molar-refractivity contribution is 5.82. The molecule has 1 heterocycles.